The molecule has 0 aromatic heterocycles. The topological polar surface area (TPSA) is 18.5 Å². The maximum Gasteiger partial charge on any atom is 0.184 e. The minimum absolute atomic E-state index is 0.0559. The highest BCUT2D eigenvalue weighted by atomic mass is 28.4. The number of rotatable bonds is 3. The van der Waals surface area contributed by atoms with Crippen molar-refractivity contribution in [1.82, 2.24) is 0 Å². The van der Waals surface area contributed by atoms with Gasteiger partial charge in [-0.05, 0) is 30.6 Å². The quantitative estimate of drug-likeness (QED) is 0.763. The summed E-state index contributed by atoms with van der Waals surface area (Å²) in [4.78, 5) is 0. The summed E-state index contributed by atoms with van der Waals surface area (Å²) in [6, 6.07) is 10.5. The van der Waals surface area contributed by atoms with Crippen LogP contribution in [0.5, 0.6) is 0 Å². The van der Waals surface area contributed by atoms with Gasteiger partial charge in [-0.2, -0.15) is 0 Å². The molecular formula is C16H26O2Si. The maximum absolute atomic E-state index is 6.61. The van der Waals surface area contributed by atoms with Gasteiger partial charge >= 0.3 is 0 Å². The Labute approximate surface area is 118 Å². The highest BCUT2D eigenvalue weighted by Crippen LogP contribution is 2.53. The molecule has 1 aliphatic rings. The van der Waals surface area contributed by atoms with E-state index in [-0.39, 0.29) is 17.1 Å². The van der Waals surface area contributed by atoms with Crippen molar-refractivity contribution in [3.05, 3.63) is 35.9 Å². The third-order valence-electron chi connectivity index (χ3n) is 3.75. The second-order valence-electron chi connectivity index (χ2n) is 7.46. The van der Waals surface area contributed by atoms with E-state index < -0.39 is 8.32 Å². The first-order chi connectivity index (χ1) is 8.66. The van der Waals surface area contributed by atoms with E-state index in [9.17, 15) is 0 Å². The van der Waals surface area contributed by atoms with E-state index in [2.05, 4.69) is 64.7 Å². The molecule has 0 radical (unpaired) electrons. The third kappa shape index (κ3) is 2.78. The average Bonchev–Trinajstić information content (AvgIpc) is 2.23. The molecule has 3 heteroatoms. The Morgan fingerprint density at radius 2 is 1.74 bits per heavy atom. The van der Waals surface area contributed by atoms with E-state index in [4.69, 9.17) is 9.16 Å². The normalized spacial score (nSPS) is 28.0. The first kappa shape index (κ1) is 14.8. The molecule has 0 unspecified atom stereocenters. The van der Waals surface area contributed by atoms with E-state index in [0.717, 1.165) is 0 Å². The van der Waals surface area contributed by atoms with E-state index >= 15 is 0 Å². The molecule has 0 amide bonds. The summed E-state index contributed by atoms with van der Waals surface area (Å²) >= 11 is 0. The van der Waals surface area contributed by atoms with Crippen molar-refractivity contribution in [1.29, 1.82) is 0 Å². The Morgan fingerprint density at radius 1 is 1.16 bits per heavy atom. The Bertz CT molecular complexity index is 430. The number of hydrogen-bond donors (Lipinski definition) is 0. The monoisotopic (exact) mass is 278 g/mol. The molecule has 2 nitrogen and oxygen atoms in total. The summed E-state index contributed by atoms with van der Waals surface area (Å²) < 4.78 is 12.5. The molecule has 0 N–H and O–H groups in total. The van der Waals surface area contributed by atoms with E-state index in [1.54, 1.807) is 0 Å². The van der Waals surface area contributed by atoms with Gasteiger partial charge in [0.15, 0.2) is 8.32 Å². The van der Waals surface area contributed by atoms with Crippen molar-refractivity contribution >= 4 is 8.32 Å². The number of benzene rings is 1. The first-order valence-corrected chi connectivity index (χ1v) is 10.4. The van der Waals surface area contributed by atoms with Crippen LogP contribution in [0, 0.1) is 5.41 Å². The van der Waals surface area contributed by atoms with Crippen LogP contribution in [-0.4, -0.2) is 20.5 Å². The van der Waals surface area contributed by atoms with Crippen LogP contribution in [0.3, 0.4) is 0 Å². The predicted molar refractivity (Wildman–Crippen MR) is 81.8 cm³/mol. The fourth-order valence-electron chi connectivity index (χ4n) is 2.70. The molecule has 1 aromatic rings. The molecular weight excluding hydrogens is 252 g/mol. The van der Waals surface area contributed by atoms with Gasteiger partial charge in [0.25, 0.3) is 0 Å². The summed E-state index contributed by atoms with van der Waals surface area (Å²) in [6.07, 6.45) is 0.0559. The Hall–Kier alpha value is -0.643. The van der Waals surface area contributed by atoms with E-state index in [0.29, 0.717) is 6.61 Å². The molecule has 0 saturated carbocycles. The van der Waals surface area contributed by atoms with Crippen molar-refractivity contribution in [3.63, 3.8) is 0 Å². The minimum Gasteiger partial charge on any atom is -0.406 e. The van der Waals surface area contributed by atoms with Crippen LogP contribution in [0.15, 0.2) is 30.3 Å². The molecule has 2 rings (SSSR count). The summed E-state index contributed by atoms with van der Waals surface area (Å²) in [5, 5.41) is 0. The molecule has 1 aliphatic heterocycles. The lowest BCUT2D eigenvalue weighted by molar-refractivity contribution is -0.274. The molecule has 1 saturated heterocycles. The number of hydrogen-bond acceptors (Lipinski definition) is 2. The molecule has 2 atom stereocenters. The predicted octanol–water partition coefficient (Wildman–Crippen LogP) is 4.39. The van der Waals surface area contributed by atoms with Gasteiger partial charge in [-0.3, -0.25) is 0 Å². The smallest absolute Gasteiger partial charge is 0.184 e. The second-order valence-corrected chi connectivity index (χ2v) is 11.9. The first-order valence-electron chi connectivity index (χ1n) is 7.02. The zero-order valence-electron chi connectivity index (χ0n) is 13.0. The van der Waals surface area contributed by atoms with E-state index in [1.807, 2.05) is 6.07 Å². The fourth-order valence-corrected chi connectivity index (χ4v) is 4.27. The highest BCUT2D eigenvalue weighted by molar-refractivity contribution is 6.69. The molecule has 0 bridgehead atoms. The van der Waals surface area contributed by atoms with Gasteiger partial charge < -0.3 is 9.16 Å². The van der Waals surface area contributed by atoms with Gasteiger partial charge in [0.1, 0.15) is 11.7 Å². The van der Waals surface area contributed by atoms with Crippen LogP contribution >= 0.6 is 0 Å². The largest absolute Gasteiger partial charge is 0.406 e. The van der Waals surface area contributed by atoms with Crippen LogP contribution in [-0.2, 0) is 9.16 Å². The second kappa shape index (κ2) is 4.72. The molecule has 1 aromatic carbocycles. The van der Waals surface area contributed by atoms with Crippen molar-refractivity contribution in [3.8, 4) is 0 Å². The summed E-state index contributed by atoms with van der Waals surface area (Å²) in [7, 11) is -1.63. The summed E-state index contributed by atoms with van der Waals surface area (Å²) in [5.74, 6) is 0. The summed E-state index contributed by atoms with van der Waals surface area (Å²) in [6.45, 7) is 14.2. The zero-order chi connectivity index (χ0) is 14.3. The Kier molecular flexibility index (Phi) is 3.67. The minimum atomic E-state index is -1.63. The van der Waals surface area contributed by atoms with Crippen LogP contribution in [0.1, 0.15) is 32.4 Å². The lowest BCUT2D eigenvalue weighted by atomic mass is 9.69. The maximum atomic E-state index is 6.61. The van der Waals surface area contributed by atoms with Gasteiger partial charge in [-0.1, -0.05) is 51.1 Å². The van der Waals surface area contributed by atoms with Crippen molar-refractivity contribution in [2.75, 3.05) is 6.61 Å². The number of ether oxygens (including phenoxy) is 1. The molecule has 1 fully saturated rings. The third-order valence-corrected chi connectivity index (χ3v) is 4.72. The molecule has 1 heterocycles. The summed E-state index contributed by atoms with van der Waals surface area (Å²) in [5.41, 5.74) is 1.09. The molecule has 106 valence electrons. The van der Waals surface area contributed by atoms with Crippen molar-refractivity contribution in [2.24, 2.45) is 5.41 Å². The van der Waals surface area contributed by atoms with Crippen LogP contribution in [0.2, 0.25) is 19.6 Å². The van der Waals surface area contributed by atoms with Gasteiger partial charge in [-0.25, -0.2) is 0 Å². The fraction of sp³-hybridized carbons (Fsp3) is 0.625. The van der Waals surface area contributed by atoms with Crippen LogP contribution < -0.4 is 0 Å². The van der Waals surface area contributed by atoms with Crippen LogP contribution in [0.25, 0.3) is 0 Å². The SMILES string of the molecule is CC(C)(C)[C@]1(O[Si](C)(C)C)CO[C@H]1c1ccccc1. The van der Waals surface area contributed by atoms with Gasteiger partial charge in [0.05, 0.1) is 6.61 Å². The van der Waals surface area contributed by atoms with Crippen molar-refractivity contribution < 1.29 is 9.16 Å². The van der Waals surface area contributed by atoms with Gasteiger partial charge in [-0.15, -0.1) is 0 Å². The molecule has 0 spiro atoms. The molecule has 0 aliphatic carbocycles. The highest BCUT2D eigenvalue weighted by Gasteiger charge is 2.59. The zero-order valence-corrected chi connectivity index (χ0v) is 14.0. The Morgan fingerprint density at radius 3 is 2.11 bits per heavy atom. The Balaban J connectivity index is 2.35. The molecule has 19 heavy (non-hydrogen) atoms. The van der Waals surface area contributed by atoms with E-state index in [1.165, 1.54) is 5.56 Å². The van der Waals surface area contributed by atoms with Crippen molar-refractivity contribution in [2.45, 2.75) is 52.1 Å². The van der Waals surface area contributed by atoms with Crippen LogP contribution in [0.4, 0.5) is 0 Å². The van der Waals surface area contributed by atoms with Gasteiger partial charge in [0.2, 0.25) is 0 Å². The standard InChI is InChI=1S/C16H26O2Si/c1-15(2,3)16(18-19(4,5)6)12-17-14(16)13-10-8-7-9-11-13/h7-11,14H,12H2,1-6H3/t14-,16-/m0/s1. The average molecular weight is 278 g/mol. The lowest BCUT2D eigenvalue weighted by Gasteiger charge is -2.58. The lowest BCUT2D eigenvalue weighted by Crippen LogP contribution is -2.65. The van der Waals surface area contributed by atoms with Gasteiger partial charge in [0, 0.05) is 0 Å².